The van der Waals surface area contributed by atoms with E-state index in [0.717, 1.165) is 24.6 Å². The SMILES string of the molecule is C.CCc1cc(Nc2nccn3c(-c4cn(CC(F)F)nc4C(F)(F)F)cnc23)ccc1C(=O)NCCCNC(=O)C1CCC(N)C1. The van der Waals surface area contributed by atoms with Crippen molar-refractivity contribution in [3.05, 3.63) is 59.8 Å². The summed E-state index contributed by atoms with van der Waals surface area (Å²) < 4.78 is 68.9. The number of carbonyl (C=O) groups is 2. The minimum Gasteiger partial charge on any atom is -0.356 e. The first kappa shape index (κ1) is 35.3. The van der Waals surface area contributed by atoms with Crippen LogP contribution in [0.5, 0.6) is 0 Å². The second-order valence-corrected chi connectivity index (χ2v) is 11.1. The Morgan fingerprint density at radius 2 is 1.89 bits per heavy atom. The molecule has 1 aliphatic rings. The molecule has 5 rings (SSSR count). The maximum absolute atomic E-state index is 13.7. The number of fused-ring (bicyclic) bond motifs is 1. The predicted molar refractivity (Wildman–Crippen MR) is 166 cm³/mol. The average molecular weight is 664 g/mol. The number of aryl methyl sites for hydroxylation is 1. The summed E-state index contributed by atoms with van der Waals surface area (Å²) in [7, 11) is 0. The molecule has 0 bridgehead atoms. The number of anilines is 2. The van der Waals surface area contributed by atoms with Gasteiger partial charge >= 0.3 is 6.18 Å². The molecule has 1 aliphatic carbocycles. The minimum absolute atomic E-state index is 0. The Balaban J connectivity index is 0.00000500. The van der Waals surface area contributed by atoms with Gasteiger partial charge in [-0.3, -0.25) is 18.7 Å². The van der Waals surface area contributed by atoms with Gasteiger partial charge in [-0.2, -0.15) is 18.3 Å². The van der Waals surface area contributed by atoms with Crippen molar-refractivity contribution in [2.24, 2.45) is 11.7 Å². The summed E-state index contributed by atoms with van der Waals surface area (Å²) in [6, 6.07) is 5.18. The maximum atomic E-state index is 13.7. The van der Waals surface area contributed by atoms with Crippen molar-refractivity contribution in [1.82, 2.24) is 34.8 Å². The van der Waals surface area contributed by atoms with Gasteiger partial charge in [0.15, 0.2) is 17.2 Å². The maximum Gasteiger partial charge on any atom is 0.435 e. The number of alkyl halides is 5. The number of nitrogens with zero attached hydrogens (tertiary/aromatic N) is 5. The van der Waals surface area contributed by atoms with Crippen LogP contribution in [-0.2, 0) is 23.9 Å². The van der Waals surface area contributed by atoms with E-state index in [1.807, 2.05) is 6.92 Å². The van der Waals surface area contributed by atoms with Crippen molar-refractivity contribution in [2.45, 2.75) is 71.6 Å². The molecule has 2 amide bonds. The van der Waals surface area contributed by atoms with E-state index in [1.54, 1.807) is 18.2 Å². The smallest absolute Gasteiger partial charge is 0.356 e. The number of aromatic nitrogens is 5. The summed E-state index contributed by atoms with van der Waals surface area (Å²) >= 11 is 0. The molecular formula is C31H38F5N9O2. The van der Waals surface area contributed by atoms with Gasteiger partial charge in [0.2, 0.25) is 5.91 Å². The molecule has 0 spiro atoms. The Labute approximate surface area is 268 Å². The van der Waals surface area contributed by atoms with E-state index < -0.39 is 30.4 Å². The van der Waals surface area contributed by atoms with Gasteiger partial charge in [-0.05, 0) is 55.9 Å². The number of hydrogen-bond acceptors (Lipinski definition) is 7. The zero-order valence-electron chi connectivity index (χ0n) is 25.0. The highest BCUT2D eigenvalue weighted by Crippen LogP contribution is 2.37. The lowest BCUT2D eigenvalue weighted by atomic mass is 10.0. The van der Waals surface area contributed by atoms with Crippen LogP contribution in [0.4, 0.5) is 33.5 Å². The number of nitrogens with two attached hydrogens (primary N) is 1. The first-order valence-electron chi connectivity index (χ1n) is 14.9. The fourth-order valence-electron chi connectivity index (χ4n) is 5.58. The molecule has 1 fully saturated rings. The number of rotatable bonds is 12. The Morgan fingerprint density at radius 1 is 1.13 bits per heavy atom. The third-order valence-electron chi connectivity index (χ3n) is 7.84. The first-order chi connectivity index (χ1) is 21.9. The quantitative estimate of drug-likeness (QED) is 0.121. The summed E-state index contributed by atoms with van der Waals surface area (Å²) in [4.78, 5) is 33.7. The van der Waals surface area contributed by atoms with Gasteiger partial charge in [-0.25, -0.2) is 18.7 Å². The molecular weight excluding hydrogens is 625 g/mol. The van der Waals surface area contributed by atoms with Crippen LogP contribution in [0.2, 0.25) is 0 Å². The van der Waals surface area contributed by atoms with Crippen LogP contribution in [0.1, 0.15) is 61.6 Å². The molecule has 1 aromatic carbocycles. The van der Waals surface area contributed by atoms with Crippen molar-refractivity contribution in [3.63, 3.8) is 0 Å². The van der Waals surface area contributed by atoms with Crippen LogP contribution in [-0.4, -0.2) is 61.5 Å². The van der Waals surface area contributed by atoms with Gasteiger partial charge in [-0.1, -0.05) is 14.4 Å². The van der Waals surface area contributed by atoms with Gasteiger partial charge in [0.25, 0.3) is 12.3 Å². The van der Waals surface area contributed by atoms with Crippen molar-refractivity contribution in [1.29, 1.82) is 0 Å². The van der Waals surface area contributed by atoms with Crippen LogP contribution >= 0.6 is 0 Å². The lowest BCUT2D eigenvalue weighted by Gasteiger charge is -2.13. The molecule has 0 radical (unpaired) electrons. The van der Waals surface area contributed by atoms with Crippen LogP contribution in [0.3, 0.4) is 0 Å². The van der Waals surface area contributed by atoms with Gasteiger partial charge < -0.3 is 21.7 Å². The molecule has 5 N–H and O–H groups in total. The number of benzene rings is 1. The van der Waals surface area contributed by atoms with E-state index in [1.165, 1.54) is 23.0 Å². The number of imidazole rings is 1. The second-order valence-electron chi connectivity index (χ2n) is 11.1. The molecule has 4 aromatic rings. The summed E-state index contributed by atoms with van der Waals surface area (Å²) in [5, 5.41) is 12.2. The van der Waals surface area contributed by atoms with E-state index in [2.05, 4.69) is 31.0 Å². The van der Waals surface area contributed by atoms with Crippen molar-refractivity contribution in [3.8, 4) is 11.3 Å². The number of carbonyl (C=O) groups excluding carboxylic acids is 2. The van der Waals surface area contributed by atoms with Gasteiger partial charge in [0.1, 0.15) is 6.54 Å². The number of halogens is 5. The number of amides is 2. The van der Waals surface area contributed by atoms with Gasteiger partial charge in [0.05, 0.1) is 17.5 Å². The number of nitrogens with one attached hydrogen (secondary N) is 3. The molecule has 1 saturated carbocycles. The van der Waals surface area contributed by atoms with E-state index in [-0.39, 0.29) is 48.4 Å². The molecule has 16 heteroatoms. The van der Waals surface area contributed by atoms with Gasteiger partial charge in [0, 0.05) is 54.9 Å². The van der Waals surface area contributed by atoms with E-state index in [9.17, 15) is 31.5 Å². The molecule has 3 aromatic heterocycles. The fraction of sp³-hybridized carbons (Fsp3) is 0.452. The zero-order valence-corrected chi connectivity index (χ0v) is 25.0. The molecule has 2 unspecified atom stereocenters. The normalized spacial score (nSPS) is 16.3. The molecule has 0 saturated heterocycles. The number of hydrogen-bond donors (Lipinski definition) is 4. The minimum atomic E-state index is -4.88. The zero-order chi connectivity index (χ0) is 33.0. The monoisotopic (exact) mass is 663 g/mol. The lowest BCUT2D eigenvalue weighted by molar-refractivity contribution is -0.141. The summed E-state index contributed by atoms with van der Waals surface area (Å²) in [6.45, 7) is 1.72. The Kier molecular flexibility index (Phi) is 11.2. The average Bonchev–Trinajstić information content (AvgIpc) is 3.75. The first-order valence-corrected chi connectivity index (χ1v) is 14.9. The van der Waals surface area contributed by atoms with Crippen LogP contribution in [0, 0.1) is 5.92 Å². The topological polar surface area (TPSA) is 144 Å². The Bertz CT molecular complexity index is 1700. The van der Waals surface area contributed by atoms with Gasteiger partial charge in [-0.15, -0.1) is 0 Å². The van der Waals surface area contributed by atoms with Crippen molar-refractivity contribution in [2.75, 3.05) is 18.4 Å². The third kappa shape index (κ3) is 8.22. The van der Waals surface area contributed by atoms with Crippen LogP contribution in [0.25, 0.3) is 16.9 Å². The van der Waals surface area contributed by atoms with E-state index >= 15 is 0 Å². The standard InChI is InChI=1S/C30H34F5N9O2.CH4/c1-2-17-13-20(6-7-21(17)29(46)39-9-3-8-38-28(45)18-4-5-19(36)12-18)41-26-27-40-14-23(44(27)11-10-37-26)22-15-43(16-24(31)32)42-25(22)30(33,34)35;/h6-7,10-11,13-15,18-19,24H,2-5,8-9,12,16,36H2,1H3,(H,37,41)(H,38,45)(H,39,46);1H4. The van der Waals surface area contributed by atoms with Crippen LogP contribution in [0.15, 0.2) is 43.0 Å². The highest BCUT2D eigenvalue weighted by Gasteiger charge is 2.38. The highest BCUT2D eigenvalue weighted by atomic mass is 19.4. The van der Waals surface area contributed by atoms with Crippen LogP contribution < -0.4 is 21.7 Å². The summed E-state index contributed by atoms with van der Waals surface area (Å²) in [6.07, 6.45) is 0.570. The Hall–Kier alpha value is -4.60. The predicted octanol–water partition coefficient (Wildman–Crippen LogP) is 5.18. The van der Waals surface area contributed by atoms with Crippen molar-refractivity contribution >= 4 is 29.0 Å². The summed E-state index contributed by atoms with van der Waals surface area (Å²) in [5.41, 5.74) is 6.15. The van der Waals surface area contributed by atoms with E-state index in [4.69, 9.17) is 5.73 Å². The Morgan fingerprint density at radius 3 is 2.57 bits per heavy atom. The molecule has 3 heterocycles. The fourth-order valence-corrected chi connectivity index (χ4v) is 5.58. The molecule has 47 heavy (non-hydrogen) atoms. The van der Waals surface area contributed by atoms with Crippen molar-refractivity contribution < 1.29 is 31.5 Å². The molecule has 254 valence electrons. The highest BCUT2D eigenvalue weighted by molar-refractivity contribution is 5.96. The third-order valence-corrected chi connectivity index (χ3v) is 7.84. The molecule has 0 aliphatic heterocycles. The summed E-state index contributed by atoms with van der Waals surface area (Å²) in [5.74, 6) is -0.0842. The molecule has 11 nitrogen and oxygen atoms in total. The largest absolute Gasteiger partial charge is 0.435 e. The molecule has 2 atom stereocenters. The lowest BCUT2D eigenvalue weighted by Crippen LogP contribution is -2.33. The van der Waals surface area contributed by atoms with E-state index in [0.29, 0.717) is 48.3 Å². The second kappa shape index (κ2) is 14.9.